The third-order valence-corrected chi connectivity index (χ3v) is 6.64. The van der Waals surface area contributed by atoms with Crippen LogP contribution in [0.15, 0.2) is 33.7 Å². The molecule has 1 saturated heterocycles. The molecule has 2 heterocycles. The fraction of sp³-hybridized carbons (Fsp3) is 0.500. The smallest absolute Gasteiger partial charge is 0.246 e. The van der Waals surface area contributed by atoms with Gasteiger partial charge in [0, 0.05) is 26.6 Å². The quantitative estimate of drug-likeness (QED) is 0.721. The molecule has 1 amide bonds. The number of carbonyl (C=O) groups is 1. The van der Waals surface area contributed by atoms with Crippen molar-refractivity contribution in [3.05, 3.63) is 41.8 Å². The predicted molar refractivity (Wildman–Crippen MR) is 98.0 cm³/mol. The zero-order chi connectivity index (χ0) is 20.3. The van der Waals surface area contributed by atoms with Gasteiger partial charge in [-0.25, -0.2) is 12.8 Å². The van der Waals surface area contributed by atoms with Crippen LogP contribution in [0.3, 0.4) is 0 Å². The molecule has 1 aromatic carbocycles. The van der Waals surface area contributed by atoms with Crippen LogP contribution in [-0.2, 0) is 27.8 Å². The van der Waals surface area contributed by atoms with Crippen LogP contribution in [0.2, 0.25) is 0 Å². The van der Waals surface area contributed by atoms with Crippen LogP contribution in [0.5, 0.6) is 0 Å². The minimum Gasteiger partial charge on any atom is -0.337 e. The zero-order valence-corrected chi connectivity index (χ0v) is 16.7. The molecule has 1 fully saturated rings. The number of sulfonamides is 1. The van der Waals surface area contributed by atoms with Gasteiger partial charge in [-0.15, -0.1) is 0 Å². The molecular formula is C18H23FN4O4S. The molecular weight excluding hydrogens is 387 g/mol. The molecule has 0 saturated carbocycles. The summed E-state index contributed by atoms with van der Waals surface area (Å²) in [4.78, 5) is 18.5. The minimum atomic E-state index is -3.77. The standard InChI is InChI=1S/C18H23FN4O4S/c1-3-16-20-17(27-21-16)12-22(2)18(24)13-5-4-10-23(11-13)28(25,26)15-8-6-14(19)7-9-15/h6-9,13H,3-5,10-12H2,1-2H3. The van der Waals surface area contributed by atoms with E-state index in [-0.39, 0.29) is 23.9 Å². The van der Waals surface area contributed by atoms with Crippen molar-refractivity contribution < 1.29 is 22.1 Å². The maximum atomic E-state index is 13.1. The van der Waals surface area contributed by atoms with E-state index in [9.17, 15) is 17.6 Å². The Morgan fingerprint density at radius 2 is 2.07 bits per heavy atom. The molecule has 1 aliphatic rings. The number of hydrogen-bond donors (Lipinski definition) is 0. The van der Waals surface area contributed by atoms with Crippen molar-refractivity contribution in [3.63, 3.8) is 0 Å². The molecule has 0 N–H and O–H groups in total. The first kappa shape index (κ1) is 20.4. The molecule has 1 aliphatic heterocycles. The number of halogens is 1. The van der Waals surface area contributed by atoms with E-state index in [1.165, 1.54) is 21.3 Å². The largest absolute Gasteiger partial charge is 0.337 e. The van der Waals surface area contributed by atoms with Crippen LogP contribution in [-0.4, -0.2) is 53.8 Å². The highest BCUT2D eigenvalue weighted by atomic mass is 32.2. The van der Waals surface area contributed by atoms with Crippen molar-refractivity contribution in [3.8, 4) is 0 Å². The van der Waals surface area contributed by atoms with Gasteiger partial charge in [0.1, 0.15) is 5.82 Å². The lowest BCUT2D eigenvalue weighted by Gasteiger charge is -2.33. The van der Waals surface area contributed by atoms with E-state index in [1.807, 2.05) is 6.92 Å². The molecule has 3 rings (SSSR count). The minimum absolute atomic E-state index is 0.0216. The lowest BCUT2D eigenvalue weighted by atomic mass is 9.98. The Labute approximate surface area is 163 Å². The van der Waals surface area contributed by atoms with Crippen molar-refractivity contribution in [2.45, 2.75) is 37.6 Å². The van der Waals surface area contributed by atoms with Crippen molar-refractivity contribution in [1.29, 1.82) is 0 Å². The van der Waals surface area contributed by atoms with E-state index in [0.717, 1.165) is 12.1 Å². The Balaban J connectivity index is 1.68. The third kappa shape index (κ3) is 4.39. The highest BCUT2D eigenvalue weighted by Gasteiger charge is 2.34. The number of hydrogen-bond acceptors (Lipinski definition) is 6. The average molecular weight is 410 g/mol. The van der Waals surface area contributed by atoms with Gasteiger partial charge in [0.15, 0.2) is 5.82 Å². The summed E-state index contributed by atoms with van der Waals surface area (Å²) in [5.74, 6) is -0.207. The third-order valence-electron chi connectivity index (χ3n) is 4.76. The second-order valence-corrected chi connectivity index (χ2v) is 8.75. The van der Waals surface area contributed by atoms with Crippen LogP contribution >= 0.6 is 0 Å². The molecule has 8 nitrogen and oxygen atoms in total. The lowest BCUT2D eigenvalue weighted by Crippen LogP contribution is -2.45. The highest BCUT2D eigenvalue weighted by Crippen LogP contribution is 2.25. The highest BCUT2D eigenvalue weighted by molar-refractivity contribution is 7.89. The average Bonchev–Trinajstić information content (AvgIpc) is 3.15. The fourth-order valence-electron chi connectivity index (χ4n) is 3.21. The number of piperidine rings is 1. The van der Waals surface area contributed by atoms with Crippen LogP contribution in [0, 0.1) is 11.7 Å². The van der Waals surface area contributed by atoms with Gasteiger partial charge in [0.25, 0.3) is 0 Å². The molecule has 10 heteroatoms. The normalized spacial score (nSPS) is 18.2. The van der Waals surface area contributed by atoms with E-state index in [2.05, 4.69) is 10.1 Å². The number of aryl methyl sites for hydroxylation is 1. The summed E-state index contributed by atoms with van der Waals surface area (Å²) in [5.41, 5.74) is 0. The van der Waals surface area contributed by atoms with Crippen LogP contribution in [0.4, 0.5) is 4.39 Å². The number of carbonyl (C=O) groups excluding carboxylic acids is 1. The number of aromatic nitrogens is 2. The SMILES string of the molecule is CCc1noc(CN(C)C(=O)C2CCCN(S(=O)(=O)c3ccc(F)cc3)C2)n1. The predicted octanol–water partition coefficient (Wildman–Crippen LogP) is 1.83. The number of benzene rings is 1. The maximum absolute atomic E-state index is 13.1. The van der Waals surface area contributed by atoms with E-state index in [1.54, 1.807) is 7.05 Å². The summed E-state index contributed by atoms with van der Waals surface area (Å²) in [6, 6.07) is 4.70. The monoisotopic (exact) mass is 410 g/mol. The first-order valence-corrected chi connectivity index (χ1v) is 10.6. The Hall–Kier alpha value is -2.33. The van der Waals surface area contributed by atoms with Gasteiger partial charge in [0.05, 0.1) is 17.4 Å². The summed E-state index contributed by atoms with van der Waals surface area (Å²) in [6.07, 6.45) is 1.81. The van der Waals surface area contributed by atoms with Gasteiger partial charge in [-0.1, -0.05) is 12.1 Å². The van der Waals surface area contributed by atoms with Gasteiger partial charge in [0.2, 0.25) is 21.8 Å². The number of rotatable bonds is 6. The van der Waals surface area contributed by atoms with Crippen molar-refractivity contribution in [1.82, 2.24) is 19.3 Å². The summed E-state index contributed by atoms with van der Waals surface area (Å²) in [7, 11) is -2.14. The molecule has 0 bridgehead atoms. The molecule has 1 atom stereocenters. The Morgan fingerprint density at radius 1 is 1.36 bits per heavy atom. The Kier molecular flexibility index (Phi) is 6.09. The Bertz CT molecular complexity index is 929. The molecule has 1 aromatic heterocycles. The fourth-order valence-corrected chi connectivity index (χ4v) is 4.73. The van der Waals surface area contributed by atoms with E-state index in [4.69, 9.17) is 4.52 Å². The lowest BCUT2D eigenvalue weighted by molar-refractivity contribution is -0.136. The molecule has 0 radical (unpaired) electrons. The van der Waals surface area contributed by atoms with Crippen LogP contribution < -0.4 is 0 Å². The number of nitrogens with zero attached hydrogens (tertiary/aromatic N) is 4. The first-order valence-electron chi connectivity index (χ1n) is 9.13. The van der Waals surface area contributed by atoms with Crippen molar-refractivity contribution in [2.75, 3.05) is 20.1 Å². The second kappa shape index (κ2) is 8.36. The van der Waals surface area contributed by atoms with Crippen LogP contribution in [0.25, 0.3) is 0 Å². The Morgan fingerprint density at radius 3 is 2.71 bits per heavy atom. The van der Waals surface area contributed by atoms with E-state index < -0.39 is 21.8 Å². The molecule has 152 valence electrons. The molecule has 0 spiro atoms. The molecule has 0 aliphatic carbocycles. The summed E-state index contributed by atoms with van der Waals surface area (Å²) < 4.78 is 45.1. The van der Waals surface area contributed by atoms with Gasteiger partial charge >= 0.3 is 0 Å². The van der Waals surface area contributed by atoms with Gasteiger partial charge < -0.3 is 9.42 Å². The van der Waals surface area contributed by atoms with Crippen molar-refractivity contribution in [2.24, 2.45) is 5.92 Å². The molecule has 28 heavy (non-hydrogen) atoms. The van der Waals surface area contributed by atoms with Gasteiger partial charge in [-0.2, -0.15) is 9.29 Å². The van der Waals surface area contributed by atoms with Crippen LogP contribution in [0.1, 0.15) is 31.5 Å². The maximum Gasteiger partial charge on any atom is 0.246 e. The van der Waals surface area contributed by atoms with E-state index >= 15 is 0 Å². The topological polar surface area (TPSA) is 96.6 Å². The zero-order valence-electron chi connectivity index (χ0n) is 15.8. The van der Waals surface area contributed by atoms with Crippen molar-refractivity contribution >= 4 is 15.9 Å². The molecule has 2 aromatic rings. The van der Waals surface area contributed by atoms with Gasteiger partial charge in [-0.3, -0.25) is 4.79 Å². The first-order chi connectivity index (χ1) is 13.3. The second-order valence-electron chi connectivity index (χ2n) is 6.81. The number of amides is 1. The van der Waals surface area contributed by atoms with Gasteiger partial charge in [-0.05, 0) is 37.1 Å². The summed E-state index contributed by atoms with van der Waals surface area (Å²) in [5, 5.41) is 3.81. The van der Waals surface area contributed by atoms with E-state index in [0.29, 0.717) is 37.5 Å². The molecule has 1 unspecified atom stereocenters. The summed E-state index contributed by atoms with van der Waals surface area (Å²) >= 11 is 0. The summed E-state index contributed by atoms with van der Waals surface area (Å²) in [6.45, 7) is 2.50.